The summed E-state index contributed by atoms with van der Waals surface area (Å²) in [7, 11) is -4.06. The Morgan fingerprint density at radius 1 is 1.35 bits per heavy atom. The minimum atomic E-state index is -4.06. The van der Waals surface area contributed by atoms with Gasteiger partial charge in [0.25, 0.3) is 0 Å². The summed E-state index contributed by atoms with van der Waals surface area (Å²) in [6.45, 7) is 2.36. The molecule has 7 nitrogen and oxygen atoms in total. The third-order valence-corrected chi connectivity index (χ3v) is 4.32. The van der Waals surface area contributed by atoms with Crippen molar-refractivity contribution < 1.29 is 23.1 Å². The van der Waals surface area contributed by atoms with E-state index in [2.05, 4.69) is 10.0 Å². The van der Waals surface area contributed by atoms with Crippen molar-refractivity contribution in [1.29, 1.82) is 0 Å². The van der Waals surface area contributed by atoms with E-state index in [0.29, 0.717) is 5.69 Å². The number of rotatable bonds is 5. The summed E-state index contributed by atoms with van der Waals surface area (Å²) in [5.74, 6) is -1.78. The molecule has 110 valence electrons. The normalized spacial score (nSPS) is 12.6. The highest BCUT2D eigenvalue weighted by Gasteiger charge is 2.27. The van der Waals surface area contributed by atoms with E-state index in [0.717, 1.165) is 6.92 Å². The van der Waals surface area contributed by atoms with E-state index in [-0.39, 0.29) is 16.6 Å². The molecule has 9 heteroatoms. The van der Waals surface area contributed by atoms with Crippen molar-refractivity contribution in [1.82, 2.24) is 0 Å². The van der Waals surface area contributed by atoms with Crippen LogP contribution in [0.2, 0.25) is 5.02 Å². The molecular weight excluding hydrogens is 308 g/mol. The lowest BCUT2D eigenvalue weighted by Gasteiger charge is -2.12. The summed E-state index contributed by atoms with van der Waals surface area (Å²) in [5.41, 5.74) is 0.436. The SMILES string of the molecule is CC(=O)Nc1ccc(NS(=O)(=O)C(C)C(=O)O)cc1Cl. The number of aliphatic carboxylic acids is 1. The van der Waals surface area contributed by atoms with Gasteiger partial charge in [0.1, 0.15) is 0 Å². The molecule has 1 unspecified atom stereocenters. The number of amides is 1. The number of carbonyl (C=O) groups is 2. The van der Waals surface area contributed by atoms with Crippen LogP contribution in [-0.4, -0.2) is 30.7 Å². The molecule has 0 spiro atoms. The monoisotopic (exact) mass is 320 g/mol. The Hall–Kier alpha value is -1.80. The summed E-state index contributed by atoms with van der Waals surface area (Å²) in [5, 5.41) is 9.69. The van der Waals surface area contributed by atoms with Crippen LogP contribution < -0.4 is 10.0 Å². The van der Waals surface area contributed by atoms with Crippen molar-refractivity contribution >= 4 is 44.9 Å². The fraction of sp³-hybridized carbons (Fsp3) is 0.273. The average molecular weight is 321 g/mol. The Bertz CT molecular complexity index is 644. The number of anilines is 2. The molecule has 1 aromatic rings. The van der Waals surface area contributed by atoms with E-state index < -0.39 is 21.2 Å². The van der Waals surface area contributed by atoms with Crippen LogP contribution in [0.25, 0.3) is 0 Å². The quantitative estimate of drug-likeness (QED) is 0.761. The number of carbonyl (C=O) groups excluding carboxylic acids is 1. The fourth-order valence-electron chi connectivity index (χ4n) is 1.25. The number of carboxylic acids is 1. The zero-order chi connectivity index (χ0) is 15.5. The molecule has 0 bridgehead atoms. The van der Waals surface area contributed by atoms with Crippen LogP contribution in [0.4, 0.5) is 11.4 Å². The highest BCUT2D eigenvalue weighted by Crippen LogP contribution is 2.26. The molecule has 0 saturated heterocycles. The van der Waals surface area contributed by atoms with Gasteiger partial charge in [-0.05, 0) is 25.1 Å². The molecule has 0 heterocycles. The smallest absolute Gasteiger partial charge is 0.323 e. The largest absolute Gasteiger partial charge is 0.480 e. The lowest BCUT2D eigenvalue weighted by atomic mass is 10.3. The minimum absolute atomic E-state index is 0.109. The first-order valence-corrected chi connectivity index (χ1v) is 7.37. The summed E-state index contributed by atoms with van der Waals surface area (Å²) in [6.07, 6.45) is 0. The number of sulfonamides is 1. The molecule has 1 rings (SSSR count). The summed E-state index contributed by atoms with van der Waals surface area (Å²) in [6, 6.07) is 4.05. The van der Waals surface area contributed by atoms with Crippen molar-refractivity contribution in [3.05, 3.63) is 23.2 Å². The van der Waals surface area contributed by atoms with Crippen molar-refractivity contribution in [3.63, 3.8) is 0 Å². The lowest BCUT2D eigenvalue weighted by Crippen LogP contribution is -2.32. The van der Waals surface area contributed by atoms with E-state index in [1.807, 2.05) is 0 Å². The Labute approximate surface area is 121 Å². The Morgan fingerprint density at radius 2 is 1.95 bits per heavy atom. The first kappa shape index (κ1) is 16.3. The van der Waals surface area contributed by atoms with E-state index in [1.54, 1.807) is 0 Å². The van der Waals surface area contributed by atoms with Gasteiger partial charge in [0.05, 0.1) is 16.4 Å². The minimum Gasteiger partial charge on any atom is -0.480 e. The van der Waals surface area contributed by atoms with Crippen LogP contribution in [0.1, 0.15) is 13.8 Å². The highest BCUT2D eigenvalue weighted by molar-refractivity contribution is 7.94. The maximum absolute atomic E-state index is 11.7. The molecule has 0 aromatic heterocycles. The second kappa shape index (κ2) is 6.10. The fourth-order valence-corrected chi connectivity index (χ4v) is 2.38. The van der Waals surface area contributed by atoms with Crippen molar-refractivity contribution in [2.45, 2.75) is 19.1 Å². The molecule has 0 fully saturated rings. The van der Waals surface area contributed by atoms with Gasteiger partial charge in [0, 0.05) is 6.92 Å². The molecule has 0 aliphatic heterocycles. The number of carboxylic acid groups (broad SMARTS) is 1. The van der Waals surface area contributed by atoms with Crippen LogP contribution >= 0.6 is 11.6 Å². The predicted molar refractivity (Wildman–Crippen MR) is 75.4 cm³/mol. The van der Waals surface area contributed by atoms with Gasteiger partial charge in [-0.3, -0.25) is 14.3 Å². The van der Waals surface area contributed by atoms with Crippen molar-refractivity contribution in [2.24, 2.45) is 0 Å². The van der Waals surface area contributed by atoms with E-state index in [4.69, 9.17) is 16.7 Å². The zero-order valence-corrected chi connectivity index (χ0v) is 12.2. The number of hydrogen-bond donors (Lipinski definition) is 3. The van der Waals surface area contributed by atoms with Crippen molar-refractivity contribution in [3.8, 4) is 0 Å². The molecule has 0 aliphatic rings. The number of halogens is 1. The summed E-state index contributed by atoms with van der Waals surface area (Å²) >= 11 is 5.88. The molecule has 0 saturated carbocycles. The number of benzene rings is 1. The third kappa shape index (κ3) is 4.10. The highest BCUT2D eigenvalue weighted by atomic mass is 35.5. The van der Waals surface area contributed by atoms with Crippen LogP contribution in [0, 0.1) is 0 Å². The zero-order valence-electron chi connectivity index (χ0n) is 10.7. The Morgan fingerprint density at radius 3 is 2.40 bits per heavy atom. The molecular formula is C11H13ClN2O5S. The van der Waals surface area contributed by atoms with Gasteiger partial charge in [0.2, 0.25) is 15.9 Å². The molecule has 1 aromatic carbocycles. The first-order valence-electron chi connectivity index (χ1n) is 5.45. The Balaban J connectivity index is 2.98. The van der Waals surface area contributed by atoms with E-state index >= 15 is 0 Å². The van der Waals surface area contributed by atoms with Gasteiger partial charge in [-0.1, -0.05) is 11.6 Å². The van der Waals surface area contributed by atoms with Gasteiger partial charge in [-0.2, -0.15) is 0 Å². The number of nitrogens with one attached hydrogen (secondary N) is 2. The van der Waals surface area contributed by atoms with Gasteiger partial charge in [-0.15, -0.1) is 0 Å². The second-order valence-electron chi connectivity index (χ2n) is 4.00. The van der Waals surface area contributed by atoms with E-state index in [9.17, 15) is 18.0 Å². The molecule has 3 N–H and O–H groups in total. The summed E-state index contributed by atoms with van der Waals surface area (Å²) in [4.78, 5) is 21.6. The van der Waals surface area contributed by atoms with Crippen LogP contribution in [0.3, 0.4) is 0 Å². The molecule has 0 radical (unpaired) electrons. The van der Waals surface area contributed by atoms with Crippen LogP contribution in [-0.2, 0) is 19.6 Å². The summed E-state index contributed by atoms with van der Waals surface area (Å²) < 4.78 is 25.5. The lowest BCUT2D eigenvalue weighted by molar-refractivity contribution is -0.136. The molecule has 20 heavy (non-hydrogen) atoms. The van der Waals surface area contributed by atoms with Gasteiger partial charge < -0.3 is 10.4 Å². The van der Waals surface area contributed by atoms with Gasteiger partial charge in [0.15, 0.2) is 5.25 Å². The maximum atomic E-state index is 11.7. The Kier molecular flexibility index (Phi) is 4.96. The predicted octanol–water partition coefficient (Wildman–Crippen LogP) is 1.51. The average Bonchev–Trinajstić information content (AvgIpc) is 2.30. The molecule has 0 aliphatic carbocycles. The van der Waals surface area contributed by atoms with Gasteiger partial charge >= 0.3 is 5.97 Å². The maximum Gasteiger partial charge on any atom is 0.323 e. The second-order valence-corrected chi connectivity index (χ2v) is 6.41. The topological polar surface area (TPSA) is 113 Å². The van der Waals surface area contributed by atoms with E-state index in [1.165, 1.54) is 25.1 Å². The van der Waals surface area contributed by atoms with Gasteiger partial charge in [-0.25, -0.2) is 8.42 Å². The van der Waals surface area contributed by atoms with Crippen molar-refractivity contribution in [2.75, 3.05) is 10.0 Å². The molecule has 1 amide bonds. The first-order chi connectivity index (χ1) is 9.13. The molecule has 1 atom stereocenters. The van der Waals surface area contributed by atoms with Crippen LogP contribution in [0.15, 0.2) is 18.2 Å². The third-order valence-electron chi connectivity index (χ3n) is 2.35. The standard InChI is InChI=1S/C11H13ClN2O5S/c1-6(11(16)17)20(18,19)14-8-3-4-10(9(12)5-8)13-7(2)15/h3-6,14H,1-2H3,(H,13,15)(H,16,17). The van der Waals surface area contributed by atoms with Crippen LogP contribution in [0.5, 0.6) is 0 Å². The number of hydrogen-bond acceptors (Lipinski definition) is 4.